The van der Waals surface area contributed by atoms with Gasteiger partial charge in [-0.05, 0) is 24.6 Å². The zero-order valence-electron chi connectivity index (χ0n) is 13.3. The Kier molecular flexibility index (Phi) is 7.83. The molecule has 0 unspecified atom stereocenters. The van der Waals surface area contributed by atoms with Crippen LogP contribution in [0.5, 0.6) is 0 Å². The van der Waals surface area contributed by atoms with Gasteiger partial charge in [-0.3, -0.25) is 0 Å². The van der Waals surface area contributed by atoms with Crippen LogP contribution in [0.25, 0.3) is 0 Å². The van der Waals surface area contributed by atoms with Crippen molar-refractivity contribution in [2.24, 2.45) is 5.92 Å². The van der Waals surface area contributed by atoms with Crippen molar-refractivity contribution >= 4 is 21.4 Å². The van der Waals surface area contributed by atoms with E-state index in [0.717, 1.165) is 11.4 Å². The van der Waals surface area contributed by atoms with Crippen LogP contribution >= 0.6 is 11.3 Å². The van der Waals surface area contributed by atoms with Crippen LogP contribution in [-0.2, 0) is 21.3 Å². The van der Waals surface area contributed by atoms with Gasteiger partial charge in [-0.15, -0.1) is 11.3 Å². The van der Waals surface area contributed by atoms with Crippen molar-refractivity contribution in [3.05, 3.63) is 17.0 Å². The summed E-state index contributed by atoms with van der Waals surface area (Å²) in [4.78, 5) is 1.03. The molecule has 1 N–H and O–H groups in total. The third-order valence-corrected chi connectivity index (χ3v) is 6.31. The van der Waals surface area contributed by atoms with Crippen molar-refractivity contribution in [1.82, 2.24) is 9.62 Å². The molecule has 0 atom stereocenters. The van der Waals surface area contributed by atoms with Gasteiger partial charge in [0.05, 0.1) is 6.61 Å². The molecule has 0 fully saturated rings. The molecule has 1 rings (SSSR count). The molecule has 122 valence electrons. The smallest absolute Gasteiger partial charge is 0.252 e. The molecule has 21 heavy (non-hydrogen) atoms. The van der Waals surface area contributed by atoms with E-state index in [-0.39, 0.29) is 5.92 Å². The van der Waals surface area contributed by atoms with Crippen molar-refractivity contribution in [3.8, 4) is 0 Å². The molecule has 1 aromatic heterocycles. The van der Waals surface area contributed by atoms with Crippen molar-refractivity contribution in [2.75, 3.05) is 33.4 Å². The molecule has 0 spiro atoms. The average molecular weight is 335 g/mol. The van der Waals surface area contributed by atoms with Gasteiger partial charge in [0, 0.05) is 31.6 Å². The Morgan fingerprint density at radius 1 is 1.38 bits per heavy atom. The highest BCUT2D eigenvalue weighted by atomic mass is 32.2. The molecule has 0 bridgehead atoms. The quantitative estimate of drug-likeness (QED) is 0.712. The highest BCUT2D eigenvalue weighted by Gasteiger charge is 2.26. The summed E-state index contributed by atoms with van der Waals surface area (Å²) in [7, 11) is -1.85. The van der Waals surface area contributed by atoms with Crippen LogP contribution in [0.3, 0.4) is 0 Å². The first-order valence-corrected chi connectivity index (χ1v) is 9.46. The molecule has 7 heteroatoms. The van der Waals surface area contributed by atoms with Gasteiger partial charge in [-0.25, -0.2) is 8.42 Å². The number of methoxy groups -OCH3 is 1. The minimum atomic E-state index is -3.43. The van der Waals surface area contributed by atoms with E-state index in [2.05, 4.69) is 5.32 Å². The Hall–Kier alpha value is -0.470. The normalized spacial score (nSPS) is 12.5. The zero-order valence-corrected chi connectivity index (χ0v) is 14.9. The maximum atomic E-state index is 12.7. The summed E-state index contributed by atoms with van der Waals surface area (Å²) in [5.41, 5.74) is 0. The lowest BCUT2D eigenvalue weighted by molar-refractivity contribution is 0.175. The lowest BCUT2D eigenvalue weighted by Gasteiger charge is -2.22. The first kappa shape index (κ1) is 18.6. The second kappa shape index (κ2) is 8.85. The number of hydrogen-bond donors (Lipinski definition) is 1. The molecule has 0 saturated carbocycles. The number of hydrogen-bond acceptors (Lipinski definition) is 5. The molecule has 0 aliphatic carbocycles. The topological polar surface area (TPSA) is 58.6 Å². The van der Waals surface area contributed by atoms with Gasteiger partial charge in [-0.1, -0.05) is 20.8 Å². The van der Waals surface area contributed by atoms with Crippen LogP contribution in [0.2, 0.25) is 0 Å². The number of ether oxygens (including phenoxy) is 1. The summed E-state index contributed by atoms with van der Waals surface area (Å²) < 4.78 is 32.4. The van der Waals surface area contributed by atoms with Gasteiger partial charge in [0.2, 0.25) is 0 Å². The number of nitrogens with zero attached hydrogens (tertiary/aromatic N) is 1. The van der Waals surface area contributed by atoms with Crippen LogP contribution in [0.4, 0.5) is 0 Å². The Balaban J connectivity index is 2.90. The summed E-state index contributed by atoms with van der Waals surface area (Å²) in [5, 5.41) is 3.21. The summed E-state index contributed by atoms with van der Waals surface area (Å²) in [6.45, 7) is 8.93. The molecular formula is C14H26N2O3S2. The molecule has 0 radical (unpaired) electrons. The SMILES string of the molecule is CCNCc1ccc(S(=O)(=O)N(CCOC)CC(C)C)s1. The van der Waals surface area contributed by atoms with Crippen molar-refractivity contribution in [2.45, 2.75) is 31.5 Å². The fourth-order valence-electron chi connectivity index (χ4n) is 1.88. The number of nitrogens with one attached hydrogen (secondary N) is 1. The lowest BCUT2D eigenvalue weighted by Crippen LogP contribution is -2.36. The third-order valence-electron chi connectivity index (χ3n) is 2.89. The van der Waals surface area contributed by atoms with Crippen molar-refractivity contribution < 1.29 is 13.2 Å². The van der Waals surface area contributed by atoms with Crippen LogP contribution in [0.15, 0.2) is 16.3 Å². The standard InChI is InChI=1S/C14H26N2O3S2/c1-5-15-10-13-6-7-14(20-13)21(17,18)16(8-9-19-4)11-12(2)3/h6-7,12,15H,5,8-11H2,1-4H3. The molecule has 0 amide bonds. The largest absolute Gasteiger partial charge is 0.383 e. The summed E-state index contributed by atoms with van der Waals surface area (Å²) >= 11 is 1.34. The van der Waals surface area contributed by atoms with Crippen LogP contribution in [0.1, 0.15) is 25.6 Å². The van der Waals surface area contributed by atoms with Gasteiger partial charge in [0.25, 0.3) is 10.0 Å². The van der Waals surface area contributed by atoms with Crippen LogP contribution in [0, 0.1) is 5.92 Å². The highest BCUT2D eigenvalue weighted by molar-refractivity contribution is 7.91. The van der Waals surface area contributed by atoms with Gasteiger partial charge in [0.15, 0.2) is 0 Å². The van der Waals surface area contributed by atoms with E-state index in [0.29, 0.717) is 30.5 Å². The number of sulfonamides is 1. The maximum absolute atomic E-state index is 12.7. The van der Waals surface area contributed by atoms with Gasteiger partial charge >= 0.3 is 0 Å². The molecule has 0 aromatic carbocycles. The Labute approximate surface area is 132 Å². The molecule has 1 aromatic rings. The lowest BCUT2D eigenvalue weighted by atomic mass is 10.2. The second-order valence-corrected chi connectivity index (χ2v) is 8.58. The van der Waals surface area contributed by atoms with Gasteiger partial charge in [-0.2, -0.15) is 4.31 Å². The van der Waals surface area contributed by atoms with E-state index < -0.39 is 10.0 Å². The van der Waals surface area contributed by atoms with E-state index in [1.807, 2.05) is 26.8 Å². The van der Waals surface area contributed by atoms with Gasteiger partial charge < -0.3 is 10.1 Å². The van der Waals surface area contributed by atoms with Crippen LogP contribution < -0.4 is 5.32 Å². The molecule has 1 heterocycles. The first-order valence-electron chi connectivity index (χ1n) is 7.20. The molecule has 5 nitrogen and oxygen atoms in total. The Morgan fingerprint density at radius 3 is 2.67 bits per heavy atom. The molecule has 0 aliphatic rings. The van der Waals surface area contributed by atoms with E-state index in [4.69, 9.17) is 4.74 Å². The van der Waals surface area contributed by atoms with E-state index in [1.165, 1.54) is 15.6 Å². The fourth-order valence-corrected chi connectivity index (χ4v) is 4.94. The first-order chi connectivity index (χ1) is 9.91. The minimum Gasteiger partial charge on any atom is -0.383 e. The predicted molar refractivity (Wildman–Crippen MR) is 87.2 cm³/mol. The van der Waals surface area contributed by atoms with E-state index in [9.17, 15) is 8.42 Å². The Bertz CT molecular complexity index is 512. The fraction of sp³-hybridized carbons (Fsp3) is 0.714. The second-order valence-electron chi connectivity index (χ2n) is 5.25. The Morgan fingerprint density at radius 2 is 2.10 bits per heavy atom. The summed E-state index contributed by atoms with van der Waals surface area (Å²) in [5.74, 6) is 0.276. The maximum Gasteiger partial charge on any atom is 0.252 e. The van der Waals surface area contributed by atoms with Crippen LogP contribution in [-0.4, -0.2) is 46.1 Å². The summed E-state index contributed by atoms with van der Waals surface area (Å²) in [6, 6.07) is 3.58. The predicted octanol–water partition coefficient (Wildman–Crippen LogP) is 2.15. The average Bonchev–Trinajstić information content (AvgIpc) is 2.90. The molecular weight excluding hydrogens is 308 g/mol. The minimum absolute atomic E-state index is 0.276. The number of thiophene rings is 1. The monoisotopic (exact) mass is 334 g/mol. The van der Waals surface area contributed by atoms with Crippen molar-refractivity contribution in [3.63, 3.8) is 0 Å². The van der Waals surface area contributed by atoms with E-state index in [1.54, 1.807) is 13.2 Å². The number of rotatable bonds is 10. The van der Waals surface area contributed by atoms with Crippen molar-refractivity contribution in [1.29, 1.82) is 0 Å². The molecule has 0 saturated heterocycles. The van der Waals surface area contributed by atoms with E-state index >= 15 is 0 Å². The summed E-state index contributed by atoms with van der Waals surface area (Å²) in [6.07, 6.45) is 0. The highest BCUT2D eigenvalue weighted by Crippen LogP contribution is 2.25. The zero-order chi connectivity index (χ0) is 15.9. The molecule has 0 aliphatic heterocycles. The van der Waals surface area contributed by atoms with Gasteiger partial charge in [0.1, 0.15) is 4.21 Å². The third kappa shape index (κ3) is 5.67.